The van der Waals surface area contributed by atoms with Crippen molar-refractivity contribution in [3.05, 3.63) is 51.4 Å². The molecule has 2 aromatic rings. The highest BCUT2D eigenvalue weighted by molar-refractivity contribution is 6.31. The molecule has 1 aromatic carbocycles. The van der Waals surface area contributed by atoms with Gasteiger partial charge in [-0.05, 0) is 30.5 Å². The molecule has 0 fully saturated rings. The number of anilines is 2. The summed E-state index contributed by atoms with van der Waals surface area (Å²) >= 11 is 5.74. The second kappa shape index (κ2) is 6.99. The Bertz CT molecular complexity index is 631. The van der Waals surface area contributed by atoms with E-state index in [1.54, 1.807) is 0 Å². The molecule has 0 radical (unpaired) electrons. The van der Waals surface area contributed by atoms with E-state index in [1.165, 1.54) is 11.9 Å². The van der Waals surface area contributed by atoms with Crippen LogP contribution in [0.3, 0.4) is 0 Å². The first-order valence-electron chi connectivity index (χ1n) is 6.62. The Balaban J connectivity index is 2.19. The standard InChI is InChI=1S/C14H15ClN4O2/c1-2-3-4-10-5-7-11(8-6-10)18-14-12(19(20)21)13(15)16-9-17-14/h5-9H,2-4H2,1H3,(H,16,17,18). The average molecular weight is 307 g/mol. The fraction of sp³-hybridized carbons (Fsp3) is 0.286. The molecule has 0 aliphatic heterocycles. The van der Waals surface area contributed by atoms with Gasteiger partial charge in [-0.15, -0.1) is 0 Å². The van der Waals surface area contributed by atoms with Crippen LogP contribution in [-0.4, -0.2) is 14.9 Å². The molecule has 0 saturated heterocycles. The van der Waals surface area contributed by atoms with Crippen LogP contribution >= 0.6 is 11.6 Å². The molecule has 7 heteroatoms. The fourth-order valence-corrected chi connectivity index (χ4v) is 2.09. The van der Waals surface area contributed by atoms with E-state index in [0.717, 1.165) is 19.3 Å². The van der Waals surface area contributed by atoms with E-state index >= 15 is 0 Å². The number of rotatable bonds is 6. The molecule has 110 valence electrons. The van der Waals surface area contributed by atoms with Gasteiger partial charge in [0.1, 0.15) is 6.33 Å². The van der Waals surface area contributed by atoms with Crippen LogP contribution < -0.4 is 5.32 Å². The number of nitro groups is 1. The zero-order chi connectivity index (χ0) is 15.2. The SMILES string of the molecule is CCCCc1ccc(Nc2ncnc(Cl)c2[N+](=O)[O-])cc1. The minimum absolute atomic E-state index is 0.0845. The predicted molar refractivity (Wildman–Crippen MR) is 82.0 cm³/mol. The lowest BCUT2D eigenvalue weighted by molar-refractivity contribution is -0.384. The Morgan fingerprint density at radius 3 is 2.62 bits per heavy atom. The number of nitrogens with one attached hydrogen (secondary N) is 1. The van der Waals surface area contributed by atoms with Crippen molar-refractivity contribution in [2.75, 3.05) is 5.32 Å². The van der Waals surface area contributed by atoms with Gasteiger partial charge in [0.25, 0.3) is 0 Å². The topological polar surface area (TPSA) is 81.0 Å². The summed E-state index contributed by atoms with van der Waals surface area (Å²) in [6.07, 6.45) is 4.49. The monoisotopic (exact) mass is 306 g/mol. The summed E-state index contributed by atoms with van der Waals surface area (Å²) in [5.41, 5.74) is 1.62. The molecule has 2 rings (SSSR count). The maximum Gasteiger partial charge on any atom is 0.348 e. The highest BCUT2D eigenvalue weighted by atomic mass is 35.5. The number of nitrogens with zero attached hydrogens (tertiary/aromatic N) is 3. The van der Waals surface area contributed by atoms with Crippen molar-refractivity contribution >= 4 is 28.8 Å². The smallest absolute Gasteiger partial charge is 0.334 e. The van der Waals surface area contributed by atoms with Gasteiger partial charge in [-0.3, -0.25) is 10.1 Å². The van der Waals surface area contributed by atoms with Crippen LogP contribution in [0, 0.1) is 10.1 Å². The van der Waals surface area contributed by atoms with Crippen molar-refractivity contribution in [1.29, 1.82) is 0 Å². The fourth-order valence-electron chi connectivity index (χ4n) is 1.88. The molecular weight excluding hydrogens is 292 g/mol. The van der Waals surface area contributed by atoms with E-state index in [4.69, 9.17) is 11.6 Å². The zero-order valence-electron chi connectivity index (χ0n) is 11.5. The van der Waals surface area contributed by atoms with E-state index in [-0.39, 0.29) is 16.7 Å². The lowest BCUT2D eigenvalue weighted by Crippen LogP contribution is -2.01. The molecule has 0 atom stereocenters. The Hall–Kier alpha value is -2.21. The summed E-state index contributed by atoms with van der Waals surface area (Å²) in [6.45, 7) is 2.15. The van der Waals surface area contributed by atoms with Gasteiger partial charge < -0.3 is 5.32 Å². The number of hydrogen-bond acceptors (Lipinski definition) is 5. The molecule has 0 spiro atoms. The van der Waals surface area contributed by atoms with Crippen LogP contribution in [0.2, 0.25) is 5.15 Å². The number of unbranched alkanes of at least 4 members (excludes halogenated alkanes) is 1. The number of halogens is 1. The number of hydrogen-bond donors (Lipinski definition) is 1. The normalized spacial score (nSPS) is 10.4. The Morgan fingerprint density at radius 1 is 1.29 bits per heavy atom. The maximum atomic E-state index is 11.0. The third-order valence-corrected chi connectivity index (χ3v) is 3.27. The summed E-state index contributed by atoms with van der Waals surface area (Å²) in [6, 6.07) is 7.72. The quantitative estimate of drug-likeness (QED) is 0.493. The molecule has 6 nitrogen and oxygen atoms in total. The van der Waals surface area contributed by atoms with Crippen molar-refractivity contribution in [3.8, 4) is 0 Å². The van der Waals surface area contributed by atoms with Crippen LogP contribution in [0.1, 0.15) is 25.3 Å². The molecule has 0 amide bonds. The molecule has 1 N–H and O–H groups in total. The largest absolute Gasteiger partial charge is 0.348 e. The minimum Gasteiger partial charge on any atom is -0.334 e. The highest BCUT2D eigenvalue weighted by Crippen LogP contribution is 2.30. The molecule has 0 saturated carbocycles. The molecular formula is C14H15ClN4O2. The van der Waals surface area contributed by atoms with E-state index in [2.05, 4.69) is 22.2 Å². The van der Waals surface area contributed by atoms with Crippen LogP contribution in [0.15, 0.2) is 30.6 Å². The number of aryl methyl sites for hydroxylation is 1. The third kappa shape index (κ3) is 3.88. The summed E-state index contributed by atoms with van der Waals surface area (Å²) < 4.78 is 0. The molecule has 1 aromatic heterocycles. The Morgan fingerprint density at radius 2 is 2.00 bits per heavy atom. The molecule has 0 aliphatic rings. The lowest BCUT2D eigenvalue weighted by Gasteiger charge is -2.07. The van der Waals surface area contributed by atoms with Crippen molar-refractivity contribution in [3.63, 3.8) is 0 Å². The van der Waals surface area contributed by atoms with Crippen molar-refractivity contribution in [1.82, 2.24) is 9.97 Å². The van der Waals surface area contributed by atoms with Gasteiger partial charge >= 0.3 is 5.69 Å². The predicted octanol–water partition coefficient (Wildman–Crippen LogP) is 4.12. The van der Waals surface area contributed by atoms with Crippen LogP contribution in [-0.2, 0) is 6.42 Å². The number of aromatic nitrogens is 2. The molecule has 0 unspecified atom stereocenters. The Labute approximate surface area is 127 Å². The summed E-state index contributed by atoms with van der Waals surface area (Å²) in [7, 11) is 0. The second-order valence-corrected chi connectivity index (χ2v) is 4.90. The minimum atomic E-state index is -0.597. The van der Waals surface area contributed by atoms with Crippen LogP contribution in [0.5, 0.6) is 0 Å². The van der Waals surface area contributed by atoms with Gasteiger partial charge in [-0.1, -0.05) is 37.1 Å². The van der Waals surface area contributed by atoms with E-state index in [9.17, 15) is 10.1 Å². The van der Waals surface area contributed by atoms with Gasteiger partial charge in [-0.2, -0.15) is 0 Å². The Kier molecular flexibility index (Phi) is 5.05. The summed E-state index contributed by atoms with van der Waals surface area (Å²) in [4.78, 5) is 17.9. The van der Waals surface area contributed by atoms with E-state index in [0.29, 0.717) is 5.69 Å². The first kappa shape index (κ1) is 15.2. The first-order valence-corrected chi connectivity index (χ1v) is 7.00. The lowest BCUT2D eigenvalue weighted by atomic mass is 10.1. The van der Waals surface area contributed by atoms with Gasteiger partial charge in [0.2, 0.25) is 11.0 Å². The summed E-state index contributed by atoms with van der Waals surface area (Å²) in [5.74, 6) is 0.0845. The van der Waals surface area contributed by atoms with Crippen molar-refractivity contribution < 1.29 is 4.92 Å². The second-order valence-electron chi connectivity index (χ2n) is 4.54. The average Bonchev–Trinajstić information content (AvgIpc) is 2.46. The highest BCUT2D eigenvalue weighted by Gasteiger charge is 2.21. The van der Waals surface area contributed by atoms with Crippen LogP contribution in [0.4, 0.5) is 17.2 Å². The van der Waals surface area contributed by atoms with E-state index < -0.39 is 4.92 Å². The summed E-state index contributed by atoms with van der Waals surface area (Å²) in [5, 5.41) is 13.7. The maximum absolute atomic E-state index is 11.0. The molecule has 1 heterocycles. The van der Waals surface area contributed by atoms with Crippen molar-refractivity contribution in [2.45, 2.75) is 26.2 Å². The third-order valence-electron chi connectivity index (χ3n) is 3.00. The van der Waals surface area contributed by atoms with Crippen LogP contribution in [0.25, 0.3) is 0 Å². The van der Waals surface area contributed by atoms with Gasteiger partial charge in [0.05, 0.1) is 4.92 Å². The van der Waals surface area contributed by atoms with Gasteiger partial charge in [-0.25, -0.2) is 9.97 Å². The molecule has 0 aliphatic carbocycles. The first-order chi connectivity index (χ1) is 10.1. The molecule has 21 heavy (non-hydrogen) atoms. The molecule has 0 bridgehead atoms. The van der Waals surface area contributed by atoms with Gasteiger partial charge in [0.15, 0.2) is 0 Å². The zero-order valence-corrected chi connectivity index (χ0v) is 12.3. The van der Waals surface area contributed by atoms with Crippen molar-refractivity contribution in [2.24, 2.45) is 0 Å². The number of benzene rings is 1. The van der Waals surface area contributed by atoms with Gasteiger partial charge in [0, 0.05) is 5.69 Å². The van der Waals surface area contributed by atoms with E-state index in [1.807, 2.05) is 24.3 Å².